The second kappa shape index (κ2) is 9.18. The summed E-state index contributed by atoms with van der Waals surface area (Å²) in [4.78, 5) is 2.61. The Bertz CT molecular complexity index is 1020. The number of nitrogen functional groups attached to an aromatic ring is 1. The number of nitrogens with zero attached hydrogens (tertiary/aromatic N) is 2. The summed E-state index contributed by atoms with van der Waals surface area (Å²) in [5.74, 6) is 0.973. The van der Waals surface area contributed by atoms with Crippen LogP contribution in [0, 0.1) is 13.8 Å². The maximum Gasteiger partial charge on any atom is 0.246 e. The summed E-state index contributed by atoms with van der Waals surface area (Å²) in [5, 5.41) is 0. The lowest BCUT2D eigenvalue weighted by Crippen LogP contribution is -2.52. The summed E-state index contributed by atoms with van der Waals surface area (Å²) < 4.78 is 34.8. The van der Waals surface area contributed by atoms with Gasteiger partial charge in [0.1, 0.15) is 16.4 Å². The second-order valence-corrected chi connectivity index (χ2v) is 10.7. The highest BCUT2D eigenvalue weighted by molar-refractivity contribution is 7.89. The van der Waals surface area contributed by atoms with Gasteiger partial charge in [-0.1, -0.05) is 31.4 Å². The van der Waals surface area contributed by atoms with E-state index in [2.05, 4.69) is 4.90 Å². The van der Waals surface area contributed by atoms with Gasteiger partial charge >= 0.3 is 0 Å². The molecule has 1 saturated heterocycles. The molecule has 0 spiro atoms. The molecule has 31 heavy (non-hydrogen) atoms. The van der Waals surface area contributed by atoms with Crippen LogP contribution >= 0.6 is 0 Å². The number of hydrogen-bond acceptors (Lipinski definition) is 5. The SMILES string of the molecule is Cc1ccc(C)c(Oc2ccc(N)cc2S(=O)(=O)N2CCN(C3CCCCC3)CC2)c1. The number of sulfonamides is 1. The molecule has 7 heteroatoms. The summed E-state index contributed by atoms with van der Waals surface area (Å²) >= 11 is 0. The minimum absolute atomic E-state index is 0.138. The van der Waals surface area contributed by atoms with Gasteiger partial charge in [-0.2, -0.15) is 4.31 Å². The first-order valence-corrected chi connectivity index (χ1v) is 12.7. The van der Waals surface area contributed by atoms with Gasteiger partial charge in [0.15, 0.2) is 0 Å². The van der Waals surface area contributed by atoms with E-state index in [1.165, 1.54) is 38.2 Å². The zero-order chi connectivity index (χ0) is 22.0. The molecule has 1 saturated carbocycles. The van der Waals surface area contributed by atoms with Crippen LogP contribution < -0.4 is 10.5 Å². The molecule has 2 fully saturated rings. The van der Waals surface area contributed by atoms with Crippen LogP contribution in [0.25, 0.3) is 0 Å². The summed E-state index contributed by atoms with van der Waals surface area (Å²) in [7, 11) is -3.71. The molecule has 2 aliphatic rings. The van der Waals surface area contributed by atoms with Crippen molar-refractivity contribution >= 4 is 15.7 Å². The molecule has 1 heterocycles. The standard InChI is InChI=1S/C24H33N3O3S/c1-18-8-9-19(2)23(16-18)30-22-11-10-20(25)17-24(22)31(28,29)27-14-12-26(13-15-27)21-6-4-3-5-7-21/h8-11,16-17,21H,3-7,12-15,25H2,1-2H3. The van der Waals surface area contributed by atoms with Gasteiger partial charge < -0.3 is 10.5 Å². The van der Waals surface area contributed by atoms with Crippen molar-refractivity contribution < 1.29 is 13.2 Å². The van der Waals surface area contributed by atoms with E-state index in [1.54, 1.807) is 16.4 Å². The van der Waals surface area contributed by atoms with Crippen molar-refractivity contribution in [3.8, 4) is 11.5 Å². The van der Waals surface area contributed by atoms with E-state index < -0.39 is 10.0 Å². The average molecular weight is 444 g/mol. The van der Waals surface area contributed by atoms with Crippen LogP contribution in [0.4, 0.5) is 5.69 Å². The van der Waals surface area contributed by atoms with E-state index in [0.29, 0.717) is 36.3 Å². The lowest BCUT2D eigenvalue weighted by Gasteiger charge is -2.40. The van der Waals surface area contributed by atoms with Crippen molar-refractivity contribution in [1.29, 1.82) is 0 Å². The molecule has 6 nitrogen and oxygen atoms in total. The Morgan fingerprint density at radius 2 is 1.61 bits per heavy atom. The zero-order valence-corrected chi connectivity index (χ0v) is 19.3. The number of benzene rings is 2. The number of ether oxygens (including phenoxy) is 1. The van der Waals surface area contributed by atoms with E-state index in [0.717, 1.165) is 24.2 Å². The third kappa shape index (κ3) is 4.89. The highest BCUT2D eigenvalue weighted by Gasteiger charge is 2.33. The zero-order valence-electron chi connectivity index (χ0n) is 18.5. The molecule has 2 N–H and O–H groups in total. The van der Waals surface area contributed by atoms with E-state index in [4.69, 9.17) is 10.5 Å². The minimum atomic E-state index is -3.71. The van der Waals surface area contributed by atoms with Crippen molar-refractivity contribution in [2.75, 3.05) is 31.9 Å². The number of nitrogens with two attached hydrogens (primary N) is 1. The molecule has 0 atom stereocenters. The number of hydrogen-bond donors (Lipinski definition) is 1. The molecule has 2 aromatic rings. The number of anilines is 1. The largest absolute Gasteiger partial charge is 0.456 e. The molecule has 4 rings (SSSR count). The van der Waals surface area contributed by atoms with Crippen LogP contribution in [0.2, 0.25) is 0 Å². The Hall–Kier alpha value is -2.09. The van der Waals surface area contributed by atoms with Crippen LogP contribution in [-0.2, 0) is 10.0 Å². The fourth-order valence-electron chi connectivity index (χ4n) is 4.64. The smallest absolute Gasteiger partial charge is 0.246 e. The van der Waals surface area contributed by atoms with Gasteiger partial charge in [-0.25, -0.2) is 8.42 Å². The normalized spacial score (nSPS) is 19.4. The second-order valence-electron chi connectivity index (χ2n) is 8.81. The van der Waals surface area contributed by atoms with Gasteiger partial charge in [0, 0.05) is 37.9 Å². The minimum Gasteiger partial charge on any atom is -0.456 e. The predicted molar refractivity (Wildman–Crippen MR) is 124 cm³/mol. The van der Waals surface area contributed by atoms with Crippen molar-refractivity contribution in [3.63, 3.8) is 0 Å². The fraction of sp³-hybridized carbons (Fsp3) is 0.500. The molecule has 0 radical (unpaired) electrons. The van der Waals surface area contributed by atoms with Crippen LogP contribution in [0.3, 0.4) is 0 Å². The average Bonchev–Trinajstić information content (AvgIpc) is 2.78. The Balaban J connectivity index is 1.55. The third-order valence-electron chi connectivity index (χ3n) is 6.51. The van der Waals surface area contributed by atoms with E-state index in [1.807, 2.05) is 32.0 Å². The summed E-state index contributed by atoms with van der Waals surface area (Å²) in [6, 6.07) is 11.4. The number of aryl methyl sites for hydroxylation is 2. The van der Waals surface area contributed by atoms with Crippen molar-refractivity contribution in [2.24, 2.45) is 0 Å². The highest BCUT2D eigenvalue weighted by Crippen LogP contribution is 2.35. The van der Waals surface area contributed by atoms with Crippen molar-refractivity contribution in [3.05, 3.63) is 47.5 Å². The summed E-state index contributed by atoms with van der Waals surface area (Å²) in [6.45, 7) is 6.48. The molecule has 2 aromatic carbocycles. The van der Waals surface area contributed by atoms with Crippen LogP contribution in [0.15, 0.2) is 41.3 Å². The molecular formula is C24H33N3O3S. The summed E-state index contributed by atoms with van der Waals surface area (Å²) in [6.07, 6.45) is 6.35. The molecule has 168 valence electrons. The van der Waals surface area contributed by atoms with Gasteiger partial charge in [0.2, 0.25) is 10.0 Å². The Morgan fingerprint density at radius 3 is 2.32 bits per heavy atom. The van der Waals surface area contributed by atoms with Gasteiger partial charge in [0.25, 0.3) is 0 Å². The predicted octanol–water partition coefficient (Wildman–Crippen LogP) is 4.32. The van der Waals surface area contributed by atoms with E-state index in [-0.39, 0.29) is 4.90 Å². The molecule has 0 amide bonds. The number of piperazine rings is 1. The van der Waals surface area contributed by atoms with Crippen LogP contribution in [0.5, 0.6) is 11.5 Å². The molecule has 1 aliphatic carbocycles. The third-order valence-corrected chi connectivity index (χ3v) is 8.43. The van der Waals surface area contributed by atoms with Crippen LogP contribution in [0.1, 0.15) is 43.2 Å². The van der Waals surface area contributed by atoms with Gasteiger partial charge in [-0.05, 0) is 62.1 Å². The lowest BCUT2D eigenvalue weighted by molar-refractivity contribution is 0.111. The van der Waals surface area contributed by atoms with E-state index >= 15 is 0 Å². The monoisotopic (exact) mass is 443 g/mol. The molecular weight excluding hydrogens is 410 g/mol. The van der Waals surface area contributed by atoms with Gasteiger partial charge in [-0.3, -0.25) is 4.90 Å². The first-order valence-electron chi connectivity index (χ1n) is 11.2. The van der Waals surface area contributed by atoms with Crippen molar-refractivity contribution in [1.82, 2.24) is 9.21 Å². The highest BCUT2D eigenvalue weighted by atomic mass is 32.2. The van der Waals surface area contributed by atoms with Crippen molar-refractivity contribution in [2.45, 2.75) is 56.9 Å². The first-order chi connectivity index (χ1) is 14.8. The van der Waals surface area contributed by atoms with Gasteiger partial charge in [-0.15, -0.1) is 0 Å². The maximum atomic E-state index is 13.6. The summed E-state index contributed by atoms with van der Waals surface area (Å²) in [5.41, 5.74) is 8.39. The lowest BCUT2D eigenvalue weighted by atomic mass is 9.94. The maximum absolute atomic E-state index is 13.6. The molecule has 0 aromatic heterocycles. The topological polar surface area (TPSA) is 75.9 Å². The fourth-order valence-corrected chi connectivity index (χ4v) is 6.21. The quantitative estimate of drug-likeness (QED) is 0.697. The van der Waals surface area contributed by atoms with E-state index in [9.17, 15) is 8.42 Å². The number of rotatable bonds is 5. The Kier molecular flexibility index (Phi) is 6.55. The Morgan fingerprint density at radius 1 is 0.903 bits per heavy atom. The molecule has 0 unspecified atom stereocenters. The van der Waals surface area contributed by atoms with Crippen LogP contribution in [-0.4, -0.2) is 49.8 Å². The molecule has 1 aliphatic heterocycles. The molecule has 0 bridgehead atoms. The van der Waals surface area contributed by atoms with Gasteiger partial charge in [0.05, 0.1) is 0 Å². The first kappa shape index (κ1) is 22.1. The Labute approximate surface area is 186 Å².